The van der Waals surface area contributed by atoms with Crippen LogP contribution in [-0.2, 0) is 12.8 Å². The minimum atomic E-state index is -0.0288. The third kappa shape index (κ3) is 3.61. The molecular weight excluding hydrogens is 295 g/mol. The lowest BCUT2D eigenvalue weighted by atomic mass is 9.99. The summed E-state index contributed by atoms with van der Waals surface area (Å²) >= 11 is 12.3. The fourth-order valence-electron chi connectivity index (χ4n) is 2.04. The Labute approximate surface area is 128 Å². The lowest BCUT2D eigenvalue weighted by molar-refractivity contribution is 0.522. The summed E-state index contributed by atoms with van der Waals surface area (Å²) in [5, 5.41) is 1.27. The molecule has 6 heteroatoms. The van der Waals surface area contributed by atoms with Gasteiger partial charge in [-0.05, 0) is 42.2 Å². The Morgan fingerprint density at radius 2 is 1.85 bits per heavy atom. The van der Waals surface area contributed by atoms with Crippen molar-refractivity contribution < 1.29 is 0 Å². The third-order valence-electron chi connectivity index (χ3n) is 3.16. The zero-order valence-electron chi connectivity index (χ0n) is 10.8. The second kappa shape index (κ2) is 6.90. The van der Waals surface area contributed by atoms with Gasteiger partial charge in [-0.15, -0.1) is 0 Å². The maximum Gasteiger partial charge on any atom is 0.0453 e. The average molecular weight is 311 g/mol. The molecule has 0 radical (unpaired) electrons. The van der Waals surface area contributed by atoms with Crippen LogP contribution >= 0.6 is 23.2 Å². The lowest BCUT2D eigenvalue weighted by Gasteiger charge is -2.18. The van der Waals surface area contributed by atoms with E-state index in [0.717, 1.165) is 11.1 Å². The molecule has 1 aromatic heterocycles. The fourth-order valence-corrected chi connectivity index (χ4v) is 2.59. The Bertz CT molecular complexity index is 569. The number of nitrogens with one attached hydrogen (secondary N) is 1. The molecule has 4 nitrogen and oxygen atoms in total. The van der Waals surface area contributed by atoms with Crippen molar-refractivity contribution in [1.29, 1.82) is 0 Å². The van der Waals surface area contributed by atoms with E-state index in [4.69, 9.17) is 34.8 Å². The minimum Gasteiger partial charge on any atom is -0.398 e. The first-order valence-corrected chi connectivity index (χ1v) is 6.94. The fraction of sp³-hybridized carbons (Fsp3) is 0.214. The number of halogens is 2. The van der Waals surface area contributed by atoms with Gasteiger partial charge in [0.25, 0.3) is 0 Å². The highest BCUT2D eigenvalue weighted by molar-refractivity contribution is 6.36. The number of anilines is 1. The van der Waals surface area contributed by atoms with E-state index in [1.807, 2.05) is 18.2 Å². The molecule has 0 aliphatic carbocycles. The van der Waals surface area contributed by atoms with Crippen molar-refractivity contribution in [3.63, 3.8) is 0 Å². The molecule has 106 valence electrons. The molecule has 0 fully saturated rings. The molecule has 0 spiro atoms. The monoisotopic (exact) mass is 310 g/mol. The molecule has 0 saturated carbocycles. The Hall–Kier alpha value is -1.33. The van der Waals surface area contributed by atoms with Gasteiger partial charge in [0.1, 0.15) is 0 Å². The number of hydrazine groups is 1. The molecule has 1 atom stereocenters. The number of hydrogen-bond acceptors (Lipinski definition) is 4. The van der Waals surface area contributed by atoms with E-state index < -0.39 is 0 Å². The van der Waals surface area contributed by atoms with Crippen LogP contribution in [-0.4, -0.2) is 11.0 Å². The average Bonchev–Trinajstić information content (AvgIpc) is 2.44. The van der Waals surface area contributed by atoms with Gasteiger partial charge in [0, 0.05) is 34.2 Å². The molecule has 0 amide bonds. The maximum atomic E-state index is 6.17. The quantitative estimate of drug-likeness (QED) is 0.586. The third-order valence-corrected chi connectivity index (χ3v) is 3.86. The molecule has 0 bridgehead atoms. The molecule has 1 aromatic carbocycles. The minimum absolute atomic E-state index is 0.0288. The molecule has 0 aliphatic heterocycles. The van der Waals surface area contributed by atoms with Gasteiger partial charge in [0.05, 0.1) is 0 Å². The van der Waals surface area contributed by atoms with Crippen LogP contribution in [0.25, 0.3) is 0 Å². The van der Waals surface area contributed by atoms with E-state index in [1.54, 1.807) is 18.5 Å². The molecule has 1 unspecified atom stereocenters. The summed E-state index contributed by atoms with van der Waals surface area (Å²) in [6.45, 7) is 0. The van der Waals surface area contributed by atoms with E-state index in [2.05, 4.69) is 10.4 Å². The second-order valence-electron chi connectivity index (χ2n) is 4.55. The van der Waals surface area contributed by atoms with Crippen molar-refractivity contribution in [1.82, 2.24) is 10.4 Å². The zero-order chi connectivity index (χ0) is 14.5. The molecular formula is C14H16Cl2N4. The molecule has 2 rings (SSSR count). The number of benzene rings is 1. The van der Waals surface area contributed by atoms with Gasteiger partial charge in [0.2, 0.25) is 0 Å². The number of pyridine rings is 1. The smallest absolute Gasteiger partial charge is 0.0453 e. The summed E-state index contributed by atoms with van der Waals surface area (Å²) < 4.78 is 0. The second-order valence-corrected chi connectivity index (χ2v) is 5.36. The molecule has 20 heavy (non-hydrogen) atoms. The van der Waals surface area contributed by atoms with Crippen LogP contribution in [0.4, 0.5) is 5.69 Å². The van der Waals surface area contributed by atoms with Gasteiger partial charge < -0.3 is 5.73 Å². The van der Waals surface area contributed by atoms with Gasteiger partial charge in [-0.1, -0.05) is 29.3 Å². The Morgan fingerprint density at radius 3 is 2.45 bits per heavy atom. The zero-order valence-corrected chi connectivity index (χ0v) is 12.3. The first-order valence-electron chi connectivity index (χ1n) is 6.19. The Balaban J connectivity index is 2.16. The lowest BCUT2D eigenvalue weighted by Crippen LogP contribution is -2.38. The number of hydrogen-bond donors (Lipinski definition) is 3. The van der Waals surface area contributed by atoms with Crippen LogP contribution in [0.15, 0.2) is 36.7 Å². The Morgan fingerprint density at radius 1 is 1.15 bits per heavy atom. The van der Waals surface area contributed by atoms with Crippen molar-refractivity contribution in [3.05, 3.63) is 57.8 Å². The Kier molecular flexibility index (Phi) is 5.20. The van der Waals surface area contributed by atoms with Crippen molar-refractivity contribution in [3.8, 4) is 0 Å². The topological polar surface area (TPSA) is 77.0 Å². The van der Waals surface area contributed by atoms with Crippen molar-refractivity contribution in [2.24, 2.45) is 5.84 Å². The van der Waals surface area contributed by atoms with Crippen LogP contribution in [0.5, 0.6) is 0 Å². The summed E-state index contributed by atoms with van der Waals surface area (Å²) in [5.74, 6) is 5.62. The maximum absolute atomic E-state index is 6.17. The normalized spacial score (nSPS) is 12.3. The summed E-state index contributed by atoms with van der Waals surface area (Å²) in [6.07, 6.45) is 4.67. The SMILES string of the molecule is NNC(Cc1cnccc1N)Cc1c(Cl)cccc1Cl. The summed E-state index contributed by atoms with van der Waals surface area (Å²) in [7, 11) is 0. The van der Waals surface area contributed by atoms with Crippen molar-refractivity contribution in [2.75, 3.05) is 5.73 Å². The highest BCUT2D eigenvalue weighted by Gasteiger charge is 2.15. The van der Waals surface area contributed by atoms with E-state index >= 15 is 0 Å². The summed E-state index contributed by atoms with van der Waals surface area (Å²) in [5.41, 5.74) is 11.2. The summed E-state index contributed by atoms with van der Waals surface area (Å²) in [4.78, 5) is 4.07. The molecule has 1 heterocycles. The number of nitrogen functional groups attached to an aromatic ring is 1. The largest absolute Gasteiger partial charge is 0.398 e. The number of nitrogens with two attached hydrogens (primary N) is 2. The van der Waals surface area contributed by atoms with Gasteiger partial charge in [-0.3, -0.25) is 16.3 Å². The molecule has 0 aliphatic rings. The van der Waals surface area contributed by atoms with Gasteiger partial charge >= 0.3 is 0 Å². The molecule has 5 N–H and O–H groups in total. The van der Waals surface area contributed by atoms with Gasteiger partial charge in [0.15, 0.2) is 0 Å². The van der Waals surface area contributed by atoms with Crippen molar-refractivity contribution >= 4 is 28.9 Å². The van der Waals surface area contributed by atoms with E-state index in [1.165, 1.54) is 0 Å². The number of nitrogens with zero attached hydrogens (tertiary/aromatic N) is 1. The standard InChI is InChI=1S/C14H16Cl2N4/c15-12-2-1-3-13(16)11(12)7-10(20-18)6-9-8-19-5-4-14(9)17/h1-5,8,10,20H,6-7,18H2,(H2,17,19). The highest BCUT2D eigenvalue weighted by Crippen LogP contribution is 2.26. The van der Waals surface area contributed by atoms with Crippen LogP contribution in [0.3, 0.4) is 0 Å². The summed E-state index contributed by atoms with van der Waals surface area (Å²) in [6, 6.07) is 7.19. The number of aromatic nitrogens is 1. The van der Waals surface area contributed by atoms with Crippen molar-refractivity contribution in [2.45, 2.75) is 18.9 Å². The van der Waals surface area contributed by atoms with Gasteiger partial charge in [-0.25, -0.2) is 0 Å². The highest BCUT2D eigenvalue weighted by atomic mass is 35.5. The van der Waals surface area contributed by atoms with Gasteiger partial charge in [-0.2, -0.15) is 0 Å². The van der Waals surface area contributed by atoms with E-state index in [9.17, 15) is 0 Å². The molecule has 0 saturated heterocycles. The first kappa shape index (κ1) is 15.1. The van der Waals surface area contributed by atoms with E-state index in [0.29, 0.717) is 28.6 Å². The van der Waals surface area contributed by atoms with Crippen LogP contribution < -0.4 is 17.0 Å². The van der Waals surface area contributed by atoms with Crippen LogP contribution in [0, 0.1) is 0 Å². The predicted octanol–water partition coefficient (Wildman–Crippen LogP) is 2.59. The predicted molar refractivity (Wildman–Crippen MR) is 83.6 cm³/mol. The van der Waals surface area contributed by atoms with Crippen LogP contribution in [0.2, 0.25) is 10.0 Å². The number of rotatable bonds is 5. The molecule has 2 aromatic rings. The first-order chi connectivity index (χ1) is 9.61. The van der Waals surface area contributed by atoms with E-state index in [-0.39, 0.29) is 6.04 Å². The van der Waals surface area contributed by atoms with Crippen LogP contribution in [0.1, 0.15) is 11.1 Å².